The number of carbonyl (C=O) groups excluding carboxylic acids is 1. The topological polar surface area (TPSA) is 25.9 Å². The molecular formula is C19H19N2O+. The number of hydrogen-bond acceptors (Lipinski definition) is 1. The summed E-state index contributed by atoms with van der Waals surface area (Å²) < 4.78 is 4.15. The maximum Gasteiger partial charge on any atom is 0.264 e. The normalized spacial score (nSPS) is 10.6. The number of aromatic nitrogens is 2. The van der Waals surface area contributed by atoms with Crippen molar-refractivity contribution in [1.29, 1.82) is 0 Å². The van der Waals surface area contributed by atoms with Crippen molar-refractivity contribution in [2.45, 2.75) is 13.0 Å². The van der Waals surface area contributed by atoms with Crippen molar-refractivity contribution < 1.29 is 9.36 Å². The molecule has 3 rings (SSSR count). The minimum absolute atomic E-state index is 0.143. The summed E-state index contributed by atoms with van der Waals surface area (Å²) >= 11 is 0. The van der Waals surface area contributed by atoms with Crippen LogP contribution in [-0.4, -0.2) is 10.4 Å². The summed E-state index contributed by atoms with van der Waals surface area (Å²) in [5, 5.41) is 0. The van der Waals surface area contributed by atoms with Gasteiger partial charge in [0.2, 0.25) is 0 Å². The van der Waals surface area contributed by atoms with E-state index in [9.17, 15) is 4.79 Å². The minimum Gasteiger partial charge on any atom is -0.293 e. The van der Waals surface area contributed by atoms with Crippen molar-refractivity contribution in [3.05, 3.63) is 90.0 Å². The van der Waals surface area contributed by atoms with E-state index in [0.29, 0.717) is 6.42 Å². The van der Waals surface area contributed by atoms with Gasteiger partial charge in [-0.3, -0.25) is 4.79 Å². The highest BCUT2D eigenvalue weighted by atomic mass is 16.1. The van der Waals surface area contributed by atoms with Crippen LogP contribution in [0.5, 0.6) is 0 Å². The van der Waals surface area contributed by atoms with Gasteiger partial charge in [0.25, 0.3) is 5.82 Å². The summed E-state index contributed by atoms with van der Waals surface area (Å²) in [6.07, 6.45) is 4.43. The SMILES string of the molecule is Cn1cc[n+](Cc2ccccc2)c1CC(=O)c1ccccc1. The Hall–Kier alpha value is -2.68. The fraction of sp³-hybridized carbons (Fsp3) is 0.158. The molecule has 3 aromatic rings. The highest BCUT2D eigenvalue weighted by Gasteiger charge is 2.19. The predicted octanol–water partition coefficient (Wildman–Crippen LogP) is 2.79. The summed E-state index contributed by atoms with van der Waals surface area (Å²) in [6.45, 7) is 0.777. The summed E-state index contributed by atoms with van der Waals surface area (Å²) in [5.41, 5.74) is 1.99. The second-order valence-corrected chi connectivity index (χ2v) is 5.40. The van der Waals surface area contributed by atoms with E-state index >= 15 is 0 Å². The maximum atomic E-state index is 12.4. The van der Waals surface area contributed by atoms with Crippen LogP contribution in [-0.2, 0) is 20.0 Å². The van der Waals surface area contributed by atoms with Crippen molar-refractivity contribution >= 4 is 5.78 Å². The van der Waals surface area contributed by atoms with Crippen molar-refractivity contribution in [1.82, 2.24) is 4.57 Å². The zero-order chi connectivity index (χ0) is 15.4. The minimum atomic E-state index is 0.143. The summed E-state index contributed by atoms with van der Waals surface area (Å²) in [4.78, 5) is 12.4. The molecule has 0 N–H and O–H groups in total. The van der Waals surface area contributed by atoms with Crippen molar-refractivity contribution in [2.75, 3.05) is 0 Å². The lowest BCUT2D eigenvalue weighted by molar-refractivity contribution is -0.694. The number of aryl methyl sites for hydroxylation is 1. The Kier molecular flexibility index (Phi) is 4.15. The molecule has 0 aliphatic heterocycles. The molecule has 0 atom stereocenters. The lowest BCUT2D eigenvalue weighted by Gasteiger charge is -2.03. The third kappa shape index (κ3) is 3.14. The first kappa shape index (κ1) is 14.3. The third-order valence-electron chi connectivity index (χ3n) is 3.82. The Bertz CT molecular complexity index is 761. The van der Waals surface area contributed by atoms with Gasteiger partial charge in [0.15, 0.2) is 5.78 Å². The molecule has 0 bridgehead atoms. The monoisotopic (exact) mass is 291 g/mol. The molecule has 0 aliphatic carbocycles. The van der Waals surface area contributed by atoms with E-state index in [1.165, 1.54) is 5.56 Å². The zero-order valence-corrected chi connectivity index (χ0v) is 12.6. The number of ketones is 1. The molecule has 1 aromatic heterocycles. The molecule has 0 amide bonds. The van der Waals surface area contributed by atoms with E-state index in [2.05, 4.69) is 16.7 Å². The van der Waals surface area contributed by atoms with Gasteiger partial charge in [0, 0.05) is 5.56 Å². The van der Waals surface area contributed by atoms with Gasteiger partial charge < -0.3 is 0 Å². The van der Waals surface area contributed by atoms with Gasteiger partial charge in [0.05, 0.1) is 7.05 Å². The van der Waals surface area contributed by atoms with E-state index in [-0.39, 0.29) is 5.78 Å². The largest absolute Gasteiger partial charge is 0.293 e. The predicted molar refractivity (Wildman–Crippen MR) is 85.6 cm³/mol. The zero-order valence-electron chi connectivity index (χ0n) is 12.6. The number of rotatable bonds is 5. The molecule has 2 aromatic carbocycles. The van der Waals surface area contributed by atoms with Crippen LogP contribution in [0.2, 0.25) is 0 Å². The quantitative estimate of drug-likeness (QED) is 0.524. The Balaban J connectivity index is 1.82. The van der Waals surface area contributed by atoms with Crippen LogP contribution in [0.1, 0.15) is 21.7 Å². The van der Waals surface area contributed by atoms with E-state index in [1.54, 1.807) is 0 Å². The van der Waals surface area contributed by atoms with E-state index < -0.39 is 0 Å². The molecule has 1 heterocycles. The van der Waals surface area contributed by atoms with Crippen LogP contribution in [0.3, 0.4) is 0 Å². The molecule has 0 radical (unpaired) electrons. The van der Waals surface area contributed by atoms with Crippen LogP contribution in [0, 0.1) is 0 Å². The van der Waals surface area contributed by atoms with Crippen LogP contribution < -0.4 is 4.57 Å². The summed E-state index contributed by atoms with van der Waals surface area (Å²) in [5.74, 6) is 1.15. The highest BCUT2D eigenvalue weighted by molar-refractivity contribution is 5.96. The maximum absolute atomic E-state index is 12.4. The Morgan fingerprint density at radius 1 is 1.00 bits per heavy atom. The number of nitrogens with zero attached hydrogens (tertiary/aromatic N) is 2. The van der Waals surface area contributed by atoms with E-state index in [1.807, 2.05) is 72.5 Å². The molecule has 3 nitrogen and oxygen atoms in total. The Morgan fingerprint density at radius 3 is 2.32 bits per heavy atom. The molecule has 0 spiro atoms. The van der Waals surface area contributed by atoms with Crippen LogP contribution >= 0.6 is 0 Å². The number of Topliss-reactive ketones (excluding diaryl/α,β-unsaturated/α-hetero) is 1. The molecule has 0 saturated heterocycles. The van der Waals surface area contributed by atoms with Gasteiger partial charge in [-0.15, -0.1) is 0 Å². The van der Waals surface area contributed by atoms with Crippen LogP contribution in [0.15, 0.2) is 73.1 Å². The molecule has 22 heavy (non-hydrogen) atoms. The number of hydrogen-bond donors (Lipinski definition) is 0. The standard InChI is InChI=1S/C19H19N2O/c1-20-12-13-21(15-16-8-4-2-5-9-16)19(20)14-18(22)17-10-6-3-7-11-17/h2-13H,14-15H2,1H3/q+1. The fourth-order valence-electron chi connectivity index (χ4n) is 2.58. The first-order valence-corrected chi connectivity index (χ1v) is 7.40. The van der Waals surface area contributed by atoms with Crippen molar-refractivity contribution in [2.24, 2.45) is 7.05 Å². The lowest BCUT2D eigenvalue weighted by Crippen LogP contribution is -2.38. The fourth-order valence-corrected chi connectivity index (χ4v) is 2.58. The summed E-state index contributed by atoms with van der Waals surface area (Å²) in [6, 6.07) is 19.7. The van der Waals surface area contributed by atoms with Crippen LogP contribution in [0.25, 0.3) is 0 Å². The first-order valence-electron chi connectivity index (χ1n) is 7.40. The lowest BCUT2D eigenvalue weighted by atomic mass is 10.1. The molecule has 0 aliphatic rings. The Labute approximate surface area is 130 Å². The number of benzene rings is 2. The van der Waals surface area contributed by atoms with E-state index in [4.69, 9.17) is 0 Å². The third-order valence-corrected chi connectivity index (χ3v) is 3.82. The van der Waals surface area contributed by atoms with E-state index in [0.717, 1.165) is 17.9 Å². The van der Waals surface area contributed by atoms with Crippen molar-refractivity contribution in [3.8, 4) is 0 Å². The van der Waals surface area contributed by atoms with Crippen molar-refractivity contribution in [3.63, 3.8) is 0 Å². The molecular weight excluding hydrogens is 272 g/mol. The summed E-state index contributed by atoms with van der Waals surface area (Å²) in [7, 11) is 1.98. The average Bonchev–Trinajstić information content (AvgIpc) is 2.90. The molecule has 0 unspecified atom stereocenters. The van der Waals surface area contributed by atoms with Crippen LogP contribution in [0.4, 0.5) is 0 Å². The second kappa shape index (κ2) is 6.39. The second-order valence-electron chi connectivity index (χ2n) is 5.40. The van der Waals surface area contributed by atoms with Gasteiger partial charge in [-0.05, 0) is 5.56 Å². The van der Waals surface area contributed by atoms with Gasteiger partial charge >= 0.3 is 0 Å². The van der Waals surface area contributed by atoms with Gasteiger partial charge in [-0.25, -0.2) is 9.13 Å². The average molecular weight is 291 g/mol. The Morgan fingerprint density at radius 2 is 1.64 bits per heavy atom. The first-order chi connectivity index (χ1) is 10.7. The smallest absolute Gasteiger partial charge is 0.264 e. The number of imidazole rings is 1. The number of carbonyl (C=O) groups is 1. The highest BCUT2D eigenvalue weighted by Crippen LogP contribution is 2.06. The molecule has 110 valence electrons. The van der Waals surface area contributed by atoms with Gasteiger partial charge in [-0.1, -0.05) is 60.7 Å². The molecule has 3 heteroatoms. The molecule has 0 saturated carbocycles. The van der Waals surface area contributed by atoms with Gasteiger partial charge in [-0.2, -0.15) is 0 Å². The molecule has 0 fully saturated rings. The van der Waals surface area contributed by atoms with Gasteiger partial charge in [0.1, 0.15) is 25.4 Å².